The molecule has 0 spiro atoms. The van der Waals surface area contributed by atoms with E-state index in [2.05, 4.69) is 5.32 Å². The van der Waals surface area contributed by atoms with Crippen LogP contribution in [0.3, 0.4) is 0 Å². The highest BCUT2D eigenvalue weighted by atomic mass is 16.5. The van der Waals surface area contributed by atoms with Gasteiger partial charge in [0, 0.05) is 12.1 Å². The average molecular weight is 369 g/mol. The first-order valence-electron chi connectivity index (χ1n) is 8.77. The molecule has 2 rings (SSSR count). The van der Waals surface area contributed by atoms with Crippen molar-refractivity contribution in [2.45, 2.75) is 20.8 Å². The number of hydrogen-bond donors (Lipinski definition) is 2. The Balaban J connectivity index is 2.54. The van der Waals surface area contributed by atoms with E-state index in [1.54, 1.807) is 37.3 Å². The summed E-state index contributed by atoms with van der Waals surface area (Å²) in [5, 5.41) is 12.2. The van der Waals surface area contributed by atoms with Gasteiger partial charge in [0.1, 0.15) is 0 Å². The molecule has 0 saturated heterocycles. The van der Waals surface area contributed by atoms with E-state index in [-0.39, 0.29) is 23.6 Å². The van der Waals surface area contributed by atoms with E-state index in [4.69, 9.17) is 4.74 Å². The van der Waals surface area contributed by atoms with Gasteiger partial charge in [0.25, 0.3) is 5.91 Å². The molecule has 0 aliphatic carbocycles. The first-order chi connectivity index (χ1) is 12.8. The van der Waals surface area contributed by atoms with E-state index in [9.17, 15) is 19.5 Å². The summed E-state index contributed by atoms with van der Waals surface area (Å²) in [5.41, 5.74) is 1.34. The quantitative estimate of drug-likeness (QED) is 0.727. The molecular weight excluding hydrogens is 346 g/mol. The lowest BCUT2D eigenvalue weighted by Crippen LogP contribution is -2.27. The van der Waals surface area contributed by atoms with Gasteiger partial charge in [-0.15, -0.1) is 0 Å². The minimum Gasteiger partial charge on any atom is -0.478 e. The molecule has 0 radical (unpaired) electrons. The number of ether oxygens (including phenoxy) is 1. The second kappa shape index (κ2) is 8.98. The predicted octanol–water partition coefficient (Wildman–Crippen LogP) is 3.61. The molecule has 27 heavy (non-hydrogen) atoms. The molecule has 142 valence electrons. The van der Waals surface area contributed by atoms with Crippen LogP contribution in [0, 0.1) is 5.92 Å². The second-order valence-electron chi connectivity index (χ2n) is 6.44. The zero-order valence-corrected chi connectivity index (χ0v) is 15.6. The van der Waals surface area contributed by atoms with Crippen LogP contribution >= 0.6 is 0 Å². The summed E-state index contributed by atoms with van der Waals surface area (Å²) in [4.78, 5) is 36.4. The van der Waals surface area contributed by atoms with Crippen molar-refractivity contribution in [2.24, 2.45) is 5.92 Å². The first-order valence-corrected chi connectivity index (χ1v) is 8.77. The van der Waals surface area contributed by atoms with Crippen molar-refractivity contribution in [3.63, 3.8) is 0 Å². The number of esters is 1. The number of aromatic carboxylic acids is 1. The van der Waals surface area contributed by atoms with Crippen molar-refractivity contribution in [2.75, 3.05) is 13.2 Å². The zero-order valence-electron chi connectivity index (χ0n) is 15.6. The van der Waals surface area contributed by atoms with Gasteiger partial charge in [-0.1, -0.05) is 38.1 Å². The van der Waals surface area contributed by atoms with Crippen molar-refractivity contribution < 1.29 is 24.2 Å². The Morgan fingerprint density at radius 1 is 1.04 bits per heavy atom. The molecule has 1 amide bonds. The van der Waals surface area contributed by atoms with E-state index < -0.39 is 11.9 Å². The molecule has 2 aromatic carbocycles. The number of carbonyl (C=O) groups excluding carboxylic acids is 2. The number of amides is 1. The molecule has 6 heteroatoms. The number of benzene rings is 2. The fourth-order valence-electron chi connectivity index (χ4n) is 2.60. The van der Waals surface area contributed by atoms with Gasteiger partial charge in [-0.3, -0.25) is 4.79 Å². The largest absolute Gasteiger partial charge is 0.478 e. The smallest absolute Gasteiger partial charge is 0.338 e. The van der Waals surface area contributed by atoms with E-state index in [0.717, 1.165) is 0 Å². The number of carbonyl (C=O) groups is 3. The molecule has 0 heterocycles. The maximum Gasteiger partial charge on any atom is 0.338 e. The summed E-state index contributed by atoms with van der Waals surface area (Å²) >= 11 is 0. The van der Waals surface area contributed by atoms with Crippen molar-refractivity contribution in [3.8, 4) is 11.1 Å². The lowest BCUT2D eigenvalue weighted by molar-refractivity contribution is 0.0526. The zero-order chi connectivity index (χ0) is 20.0. The normalized spacial score (nSPS) is 10.5. The van der Waals surface area contributed by atoms with Gasteiger partial charge in [0.15, 0.2) is 0 Å². The fourth-order valence-corrected chi connectivity index (χ4v) is 2.60. The van der Waals surface area contributed by atoms with Gasteiger partial charge in [0.2, 0.25) is 0 Å². The van der Waals surface area contributed by atoms with Crippen LogP contribution in [0.15, 0.2) is 42.5 Å². The van der Waals surface area contributed by atoms with Crippen LogP contribution in [-0.2, 0) is 4.74 Å². The molecule has 0 unspecified atom stereocenters. The van der Waals surface area contributed by atoms with E-state index in [1.807, 2.05) is 13.8 Å². The van der Waals surface area contributed by atoms with Crippen molar-refractivity contribution in [3.05, 3.63) is 59.2 Å². The van der Waals surface area contributed by atoms with Crippen LogP contribution in [0.4, 0.5) is 0 Å². The molecule has 0 atom stereocenters. The summed E-state index contributed by atoms with van der Waals surface area (Å²) in [6, 6.07) is 11.0. The summed E-state index contributed by atoms with van der Waals surface area (Å²) in [5.74, 6) is -1.71. The highest BCUT2D eigenvalue weighted by molar-refractivity contribution is 6.05. The first kappa shape index (κ1) is 20.2. The monoisotopic (exact) mass is 369 g/mol. The van der Waals surface area contributed by atoms with Gasteiger partial charge < -0.3 is 15.2 Å². The van der Waals surface area contributed by atoms with Crippen molar-refractivity contribution in [1.29, 1.82) is 0 Å². The molecule has 0 aromatic heterocycles. The highest BCUT2D eigenvalue weighted by Crippen LogP contribution is 2.29. The minimum atomic E-state index is -1.10. The van der Waals surface area contributed by atoms with Gasteiger partial charge in [-0.25, -0.2) is 9.59 Å². The molecular formula is C21H23NO5. The van der Waals surface area contributed by atoms with Crippen molar-refractivity contribution >= 4 is 17.8 Å². The Hall–Kier alpha value is -3.15. The van der Waals surface area contributed by atoms with E-state index >= 15 is 0 Å². The van der Waals surface area contributed by atoms with Crippen LogP contribution in [-0.4, -0.2) is 36.1 Å². The molecule has 0 aliphatic heterocycles. The Morgan fingerprint density at radius 2 is 1.70 bits per heavy atom. The van der Waals surface area contributed by atoms with Gasteiger partial charge in [-0.05, 0) is 42.2 Å². The topological polar surface area (TPSA) is 92.7 Å². The van der Waals surface area contributed by atoms with E-state index in [1.165, 1.54) is 12.1 Å². The maximum absolute atomic E-state index is 12.5. The molecule has 0 bridgehead atoms. The van der Waals surface area contributed by atoms with Gasteiger partial charge in [-0.2, -0.15) is 0 Å². The summed E-state index contributed by atoms with van der Waals surface area (Å²) in [6.07, 6.45) is 0. The Kier molecular flexibility index (Phi) is 6.71. The number of carboxylic acids is 1. The molecule has 0 aliphatic rings. The Bertz CT molecular complexity index is 857. The molecule has 2 N–H and O–H groups in total. The summed E-state index contributed by atoms with van der Waals surface area (Å²) in [6.45, 7) is 6.33. The Morgan fingerprint density at radius 3 is 2.33 bits per heavy atom. The lowest BCUT2D eigenvalue weighted by atomic mass is 9.93. The van der Waals surface area contributed by atoms with Crippen LogP contribution in [0.1, 0.15) is 51.8 Å². The average Bonchev–Trinajstić information content (AvgIpc) is 2.65. The molecule has 0 fully saturated rings. The minimum absolute atomic E-state index is 0.0695. The van der Waals surface area contributed by atoms with Crippen LogP contribution < -0.4 is 5.32 Å². The third-order valence-corrected chi connectivity index (χ3v) is 3.90. The fraction of sp³-hybridized carbons (Fsp3) is 0.286. The SMILES string of the molecule is CCOC(=O)c1cc(C(=O)NCC(C)C)ccc1-c1ccccc1C(=O)O. The number of rotatable bonds is 7. The van der Waals surface area contributed by atoms with Gasteiger partial charge >= 0.3 is 11.9 Å². The summed E-state index contributed by atoms with van der Waals surface area (Å²) < 4.78 is 5.11. The van der Waals surface area contributed by atoms with Gasteiger partial charge in [0.05, 0.1) is 17.7 Å². The van der Waals surface area contributed by atoms with Crippen LogP contribution in [0.2, 0.25) is 0 Å². The Labute approximate surface area is 158 Å². The van der Waals surface area contributed by atoms with Crippen molar-refractivity contribution in [1.82, 2.24) is 5.32 Å². The number of nitrogens with one attached hydrogen (secondary N) is 1. The van der Waals surface area contributed by atoms with Crippen LogP contribution in [0.25, 0.3) is 11.1 Å². The predicted molar refractivity (Wildman–Crippen MR) is 102 cm³/mol. The lowest BCUT2D eigenvalue weighted by Gasteiger charge is -2.14. The van der Waals surface area contributed by atoms with Crippen LogP contribution in [0.5, 0.6) is 0 Å². The molecule has 6 nitrogen and oxygen atoms in total. The number of carboxylic acid groups (broad SMARTS) is 1. The highest BCUT2D eigenvalue weighted by Gasteiger charge is 2.20. The maximum atomic E-state index is 12.5. The summed E-state index contributed by atoms with van der Waals surface area (Å²) in [7, 11) is 0. The third kappa shape index (κ3) is 4.94. The third-order valence-electron chi connectivity index (χ3n) is 3.90. The second-order valence-corrected chi connectivity index (χ2v) is 6.44. The molecule has 2 aromatic rings. The number of hydrogen-bond acceptors (Lipinski definition) is 4. The molecule has 0 saturated carbocycles. The standard InChI is InChI=1S/C21H23NO5/c1-4-27-21(26)18-11-14(19(23)22-12-13(2)3)9-10-16(18)15-7-5-6-8-17(15)20(24)25/h5-11,13H,4,12H2,1-3H3,(H,22,23)(H,24,25). The van der Waals surface area contributed by atoms with E-state index in [0.29, 0.717) is 29.2 Å².